The van der Waals surface area contributed by atoms with Gasteiger partial charge in [0.1, 0.15) is 0 Å². The second-order valence-electron chi connectivity index (χ2n) is 7.75. The zero-order valence-corrected chi connectivity index (χ0v) is 16.7. The van der Waals surface area contributed by atoms with Crippen molar-refractivity contribution in [1.82, 2.24) is 4.98 Å². The number of fused-ring (bicyclic) bond motifs is 1. The predicted molar refractivity (Wildman–Crippen MR) is 109 cm³/mol. The van der Waals surface area contributed by atoms with E-state index in [1.165, 1.54) is 22.4 Å². The van der Waals surface area contributed by atoms with Gasteiger partial charge in [0, 0.05) is 30.1 Å². The summed E-state index contributed by atoms with van der Waals surface area (Å²) in [7, 11) is 1.61. The van der Waals surface area contributed by atoms with Crippen molar-refractivity contribution in [2.45, 2.75) is 52.5 Å². The molecule has 0 aliphatic carbocycles. The molecule has 0 saturated heterocycles. The number of aryl methyl sites for hydroxylation is 1. The van der Waals surface area contributed by atoms with Crippen LogP contribution < -0.4 is 9.64 Å². The van der Waals surface area contributed by atoms with E-state index in [2.05, 4.69) is 61.6 Å². The topological polar surface area (TPSA) is 37.7 Å². The van der Waals surface area contributed by atoms with Crippen LogP contribution in [-0.4, -0.2) is 30.4 Å². The third-order valence-corrected chi connectivity index (χ3v) is 5.37. The average Bonchev–Trinajstić information content (AvgIpc) is 2.60. The summed E-state index contributed by atoms with van der Waals surface area (Å²) in [5.74, 6) is 1.14. The van der Waals surface area contributed by atoms with E-state index in [-0.39, 0.29) is 5.54 Å². The molecule has 4 nitrogen and oxygen atoms in total. The smallest absolute Gasteiger partial charge is 0.213 e. The fourth-order valence-electron chi connectivity index (χ4n) is 4.10. The largest absolute Gasteiger partial charge is 0.481 e. The summed E-state index contributed by atoms with van der Waals surface area (Å²) in [4.78, 5) is 11.3. The molecule has 3 rings (SSSR count). The fourth-order valence-corrected chi connectivity index (χ4v) is 4.10. The molecule has 1 aromatic carbocycles. The predicted octanol–water partition coefficient (Wildman–Crippen LogP) is 5.26. The van der Waals surface area contributed by atoms with Crippen molar-refractivity contribution in [3.63, 3.8) is 0 Å². The number of hydrogen-bond donors (Lipinski definition) is 0. The summed E-state index contributed by atoms with van der Waals surface area (Å²) in [6.07, 6.45) is 4.84. The Hall–Kier alpha value is -2.36. The standard InChI is InChI=1S/C22H29N3O/c1-7-25-20-10-15(2)17(11-19(20)16(3)12-22(25,4)5)13-23-18-8-9-21(26-6)24-14-18/h8-11,13-14,16H,7,12H2,1-6H3. The summed E-state index contributed by atoms with van der Waals surface area (Å²) < 4.78 is 5.09. The van der Waals surface area contributed by atoms with Gasteiger partial charge in [-0.2, -0.15) is 0 Å². The number of rotatable bonds is 4. The van der Waals surface area contributed by atoms with Crippen molar-refractivity contribution in [1.29, 1.82) is 0 Å². The minimum absolute atomic E-state index is 0.192. The molecular formula is C22H29N3O. The molecular weight excluding hydrogens is 322 g/mol. The molecule has 26 heavy (non-hydrogen) atoms. The Morgan fingerprint density at radius 3 is 2.73 bits per heavy atom. The highest BCUT2D eigenvalue weighted by molar-refractivity contribution is 5.85. The summed E-state index contributed by atoms with van der Waals surface area (Å²) >= 11 is 0. The number of benzene rings is 1. The number of hydrogen-bond acceptors (Lipinski definition) is 4. The molecule has 0 radical (unpaired) electrons. The van der Waals surface area contributed by atoms with Crippen molar-refractivity contribution in [3.05, 3.63) is 47.2 Å². The van der Waals surface area contributed by atoms with E-state index in [1.54, 1.807) is 13.3 Å². The molecule has 1 aromatic heterocycles. The van der Waals surface area contributed by atoms with Crippen molar-refractivity contribution in [3.8, 4) is 5.88 Å². The maximum absolute atomic E-state index is 5.09. The van der Waals surface area contributed by atoms with Gasteiger partial charge in [0.15, 0.2) is 0 Å². The van der Waals surface area contributed by atoms with Gasteiger partial charge < -0.3 is 9.64 Å². The number of ether oxygens (including phenoxy) is 1. The first-order valence-corrected chi connectivity index (χ1v) is 9.32. The van der Waals surface area contributed by atoms with E-state index in [0.29, 0.717) is 11.8 Å². The maximum Gasteiger partial charge on any atom is 0.213 e. The first kappa shape index (κ1) is 18.4. The Balaban J connectivity index is 1.95. The third kappa shape index (κ3) is 3.46. The number of aromatic nitrogens is 1. The summed E-state index contributed by atoms with van der Waals surface area (Å²) in [6.45, 7) is 12.4. The lowest BCUT2D eigenvalue weighted by molar-refractivity contribution is 0.381. The van der Waals surface area contributed by atoms with Crippen LogP contribution in [0.15, 0.2) is 35.5 Å². The highest BCUT2D eigenvalue weighted by Gasteiger charge is 2.35. The van der Waals surface area contributed by atoms with Gasteiger partial charge in [0.25, 0.3) is 0 Å². The van der Waals surface area contributed by atoms with Crippen molar-refractivity contribution < 1.29 is 4.74 Å². The summed E-state index contributed by atoms with van der Waals surface area (Å²) in [5, 5.41) is 0. The fraction of sp³-hybridized carbons (Fsp3) is 0.455. The van der Waals surface area contributed by atoms with Crippen LogP contribution in [0.3, 0.4) is 0 Å². The molecule has 0 saturated carbocycles. The molecule has 0 fully saturated rings. The monoisotopic (exact) mass is 351 g/mol. The molecule has 0 bridgehead atoms. The lowest BCUT2D eigenvalue weighted by Gasteiger charge is -2.47. The zero-order valence-electron chi connectivity index (χ0n) is 16.7. The van der Waals surface area contributed by atoms with Crippen LogP contribution in [0.1, 0.15) is 56.7 Å². The van der Waals surface area contributed by atoms with Crippen molar-refractivity contribution in [2.24, 2.45) is 4.99 Å². The van der Waals surface area contributed by atoms with Gasteiger partial charge in [-0.15, -0.1) is 0 Å². The van der Waals surface area contributed by atoms with Gasteiger partial charge in [0.05, 0.1) is 19.0 Å². The molecule has 1 atom stereocenters. The van der Waals surface area contributed by atoms with Gasteiger partial charge in [-0.3, -0.25) is 4.99 Å². The van der Waals surface area contributed by atoms with Crippen LogP contribution >= 0.6 is 0 Å². The van der Waals surface area contributed by atoms with E-state index in [4.69, 9.17) is 4.74 Å². The van der Waals surface area contributed by atoms with Crippen LogP contribution in [0.25, 0.3) is 0 Å². The number of methoxy groups -OCH3 is 1. The van der Waals surface area contributed by atoms with Crippen LogP contribution in [0.2, 0.25) is 0 Å². The number of nitrogens with zero attached hydrogens (tertiary/aromatic N) is 3. The maximum atomic E-state index is 5.09. The lowest BCUT2D eigenvalue weighted by Crippen LogP contribution is -2.48. The Morgan fingerprint density at radius 2 is 2.12 bits per heavy atom. The molecule has 2 heterocycles. The SMILES string of the molecule is CCN1c2cc(C)c(C=Nc3ccc(OC)nc3)cc2C(C)CC1(C)C. The second-order valence-corrected chi connectivity index (χ2v) is 7.75. The molecule has 1 aliphatic heterocycles. The van der Waals surface area contributed by atoms with E-state index in [0.717, 1.165) is 18.7 Å². The van der Waals surface area contributed by atoms with Crippen molar-refractivity contribution >= 4 is 17.6 Å². The lowest BCUT2D eigenvalue weighted by atomic mass is 9.79. The summed E-state index contributed by atoms with van der Waals surface area (Å²) in [6, 6.07) is 8.38. The van der Waals surface area contributed by atoms with E-state index in [1.807, 2.05) is 18.3 Å². The first-order valence-electron chi connectivity index (χ1n) is 9.32. The normalized spacial score (nSPS) is 18.8. The number of aliphatic imine (C=N–C) groups is 1. The highest BCUT2D eigenvalue weighted by atomic mass is 16.5. The Morgan fingerprint density at radius 1 is 1.35 bits per heavy atom. The van der Waals surface area contributed by atoms with Gasteiger partial charge in [0.2, 0.25) is 5.88 Å². The van der Waals surface area contributed by atoms with Gasteiger partial charge in [-0.1, -0.05) is 6.92 Å². The Labute approximate surface area is 156 Å². The van der Waals surface area contributed by atoms with E-state index < -0.39 is 0 Å². The van der Waals surface area contributed by atoms with Crippen molar-refractivity contribution in [2.75, 3.05) is 18.6 Å². The van der Waals surface area contributed by atoms with Gasteiger partial charge in [-0.05, 0) is 74.9 Å². The zero-order chi connectivity index (χ0) is 18.9. The molecule has 4 heteroatoms. The van der Waals surface area contributed by atoms with Crippen LogP contribution in [0.4, 0.5) is 11.4 Å². The van der Waals surface area contributed by atoms with Gasteiger partial charge in [-0.25, -0.2) is 4.98 Å². The molecule has 0 N–H and O–H groups in total. The highest BCUT2D eigenvalue weighted by Crippen LogP contribution is 2.44. The van der Waals surface area contributed by atoms with E-state index in [9.17, 15) is 0 Å². The molecule has 1 unspecified atom stereocenters. The van der Waals surface area contributed by atoms with Crippen LogP contribution in [0.5, 0.6) is 5.88 Å². The second kappa shape index (κ2) is 7.10. The third-order valence-electron chi connectivity index (χ3n) is 5.37. The van der Waals surface area contributed by atoms with E-state index >= 15 is 0 Å². The molecule has 0 spiro atoms. The molecule has 2 aromatic rings. The first-order chi connectivity index (χ1) is 12.4. The molecule has 0 amide bonds. The van der Waals surface area contributed by atoms with Gasteiger partial charge >= 0.3 is 0 Å². The minimum atomic E-state index is 0.192. The van der Waals surface area contributed by atoms with Crippen LogP contribution in [-0.2, 0) is 0 Å². The minimum Gasteiger partial charge on any atom is -0.481 e. The Bertz CT molecular complexity index is 809. The number of pyridine rings is 1. The molecule has 138 valence electrons. The molecule has 1 aliphatic rings. The quantitative estimate of drug-likeness (QED) is 0.705. The average molecular weight is 351 g/mol. The Kier molecular flexibility index (Phi) is 5.03. The number of anilines is 1. The van der Waals surface area contributed by atoms with Crippen LogP contribution in [0, 0.1) is 6.92 Å². The summed E-state index contributed by atoms with van der Waals surface area (Å²) in [5.41, 5.74) is 6.23.